The number of amides is 2. The van der Waals surface area contributed by atoms with E-state index in [1.807, 2.05) is 44.2 Å². The van der Waals surface area contributed by atoms with Crippen molar-refractivity contribution in [3.05, 3.63) is 77.4 Å². The number of rotatable bonds is 9. The Hall–Kier alpha value is -4.11. The predicted octanol–water partition coefficient (Wildman–Crippen LogP) is 4.86. The molecular formula is C29H31N3O5S. The molecule has 0 saturated carbocycles. The van der Waals surface area contributed by atoms with E-state index in [9.17, 15) is 9.59 Å². The van der Waals surface area contributed by atoms with Crippen molar-refractivity contribution in [1.82, 2.24) is 4.90 Å². The van der Waals surface area contributed by atoms with Crippen molar-refractivity contribution in [2.24, 2.45) is 0 Å². The van der Waals surface area contributed by atoms with Gasteiger partial charge >= 0.3 is 0 Å². The summed E-state index contributed by atoms with van der Waals surface area (Å²) >= 11 is 5.80. The van der Waals surface area contributed by atoms with Gasteiger partial charge in [-0.3, -0.25) is 14.5 Å². The minimum absolute atomic E-state index is 0.0633. The lowest BCUT2D eigenvalue weighted by Crippen LogP contribution is -2.37. The van der Waals surface area contributed by atoms with Crippen LogP contribution >= 0.6 is 12.2 Å². The highest BCUT2D eigenvalue weighted by molar-refractivity contribution is 7.80. The summed E-state index contributed by atoms with van der Waals surface area (Å²) in [7, 11) is 4.72. The first-order valence-corrected chi connectivity index (χ1v) is 12.5. The predicted molar refractivity (Wildman–Crippen MR) is 151 cm³/mol. The lowest BCUT2D eigenvalue weighted by Gasteiger charge is -2.24. The van der Waals surface area contributed by atoms with Crippen molar-refractivity contribution >= 4 is 40.5 Å². The molecule has 4 rings (SSSR count). The summed E-state index contributed by atoms with van der Waals surface area (Å²) in [6.45, 7) is 4.24. The zero-order chi connectivity index (χ0) is 27.4. The first-order valence-electron chi connectivity index (χ1n) is 12.1. The molecule has 3 aromatic carbocycles. The molecule has 0 spiro atoms. The maximum Gasteiger partial charge on any atom is 0.256 e. The van der Waals surface area contributed by atoms with Gasteiger partial charge in [0.1, 0.15) is 11.8 Å². The largest absolute Gasteiger partial charge is 0.497 e. The van der Waals surface area contributed by atoms with Crippen molar-refractivity contribution in [2.45, 2.75) is 32.9 Å². The number of hydrogen-bond donors (Lipinski definition) is 1. The quantitative estimate of drug-likeness (QED) is 0.394. The van der Waals surface area contributed by atoms with Gasteiger partial charge in [0, 0.05) is 12.2 Å². The molecule has 1 heterocycles. The van der Waals surface area contributed by atoms with E-state index < -0.39 is 6.04 Å². The number of methoxy groups -OCH3 is 3. The minimum atomic E-state index is -0.788. The molecular weight excluding hydrogens is 502 g/mol. The van der Waals surface area contributed by atoms with Crippen LogP contribution in [0, 0.1) is 13.8 Å². The topological polar surface area (TPSA) is 80.3 Å². The summed E-state index contributed by atoms with van der Waals surface area (Å²) in [5, 5.41) is 3.27. The number of benzene rings is 3. The van der Waals surface area contributed by atoms with Crippen LogP contribution in [0.1, 0.15) is 23.1 Å². The van der Waals surface area contributed by atoms with Gasteiger partial charge in [0.05, 0.1) is 33.4 Å². The van der Waals surface area contributed by atoms with Gasteiger partial charge in [0.25, 0.3) is 5.91 Å². The second-order valence-corrected chi connectivity index (χ2v) is 9.42. The number of hydrogen-bond acceptors (Lipinski definition) is 6. The summed E-state index contributed by atoms with van der Waals surface area (Å²) in [6, 6.07) is 17.6. The second-order valence-electron chi connectivity index (χ2n) is 9.06. The molecule has 1 aliphatic heterocycles. The van der Waals surface area contributed by atoms with Crippen LogP contribution in [0.2, 0.25) is 0 Å². The molecule has 1 N–H and O–H groups in total. The number of thiocarbonyl (C=S) groups is 1. The molecule has 38 heavy (non-hydrogen) atoms. The van der Waals surface area contributed by atoms with Crippen LogP contribution in [-0.4, -0.2) is 49.2 Å². The molecule has 8 nitrogen and oxygen atoms in total. The van der Waals surface area contributed by atoms with Gasteiger partial charge in [-0.2, -0.15) is 0 Å². The van der Waals surface area contributed by atoms with Crippen LogP contribution < -0.4 is 24.4 Å². The molecule has 3 aromatic rings. The van der Waals surface area contributed by atoms with Crippen molar-refractivity contribution in [3.63, 3.8) is 0 Å². The highest BCUT2D eigenvalue weighted by atomic mass is 32.1. The van der Waals surface area contributed by atoms with Gasteiger partial charge in [-0.05, 0) is 79.7 Å². The molecule has 198 valence electrons. The third-order valence-corrected chi connectivity index (χ3v) is 6.90. The fourth-order valence-corrected chi connectivity index (χ4v) is 4.88. The summed E-state index contributed by atoms with van der Waals surface area (Å²) in [4.78, 5) is 30.2. The fourth-order valence-electron chi connectivity index (χ4n) is 4.49. The summed E-state index contributed by atoms with van der Waals surface area (Å²) in [5.41, 5.74) is 4.23. The van der Waals surface area contributed by atoms with E-state index in [0.717, 1.165) is 16.7 Å². The van der Waals surface area contributed by atoms with Crippen LogP contribution in [0.25, 0.3) is 0 Å². The van der Waals surface area contributed by atoms with E-state index in [-0.39, 0.29) is 18.2 Å². The lowest BCUT2D eigenvalue weighted by molar-refractivity contribution is -0.124. The number of nitrogens with zero attached hydrogens (tertiary/aromatic N) is 2. The molecule has 0 unspecified atom stereocenters. The number of nitrogens with one attached hydrogen (secondary N) is 1. The van der Waals surface area contributed by atoms with Crippen LogP contribution in [0.5, 0.6) is 17.2 Å². The normalized spacial score (nSPS) is 15.0. The van der Waals surface area contributed by atoms with Crippen LogP contribution in [0.15, 0.2) is 60.7 Å². The highest BCUT2D eigenvalue weighted by Crippen LogP contribution is 2.33. The number of carbonyl (C=O) groups excluding carboxylic acids is 2. The Morgan fingerprint density at radius 2 is 1.63 bits per heavy atom. The van der Waals surface area contributed by atoms with Gasteiger partial charge in [-0.1, -0.05) is 23.8 Å². The van der Waals surface area contributed by atoms with E-state index in [2.05, 4.69) is 5.32 Å². The summed E-state index contributed by atoms with van der Waals surface area (Å²) < 4.78 is 16.1. The molecule has 9 heteroatoms. The van der Waals surface area contributed by atoms with Crippen LogP contribution in [0.3, 0.4) is 0 Å². The summed E-state index contributed by atoms with van der Waals surface area (Å²) in [5.74, 6) is 1.29. The van der Waals surface area contributed by atoms with E-state index in [0.29, 0.717) is 40.3 Å². The Morgan fingerprint density at radius 3 is 2.26 bits per heavy atom. The van der Waals surface area contributed by atoms with Gasteiger partial charge in [-0.25, -0.2) is 0 Å². The number of carbonyl (C=O) groups is 2. The third kappa shape index (κ3) is 5.57. The monoisotopic (exact) mass is 533 g/mol. The van der Waals surface area contributed by atoms with Crippen LogP contribution in [-0.2, 0) is 16.1 Å². The number of ether oxygens (including phenoxy) is 3. The lowest BCUT2D eigenvalue weighted by atomic mass is 10.1. The molecule has 1 fully saturated rings. The van der Waals surface area contributed by atoms with Gasteiger partial charge in [0.15, 0.2) is 16.6 Å². The molecule has 1 saturated heterocycles. The Labute approximate surface area is 228 Å². The van der Waals surface area contributed by atoms with Gasteiger partial charge in [0.2, 0.25) is 5.91 Å². The Bertz CT molecular complexity index is 1360. The van der Waals surface area contributed by atoms with E-state index >= 15 is 0 Å². The molecule has 1 aliphatic rings. The Morgan fingerprint density at radius 1 is 0.921 bits per heavy atom. The SMILES string of the molecule is COc1ccc(N2C(=O)[C@@H](CC(=O)Nc3ccc(C)cc3C)N(Cc3ccc(OC)c(OC)c3)C2=S)cc1. The van der Waals surface area contributed by atoms with Crippen molar-refractivity contribution < 1.29 is 23.8 Å². The van der Waals surface area contributed by atoms with Gasteiger partial charge < -0.3 is 24.4 Å². The molecule has 0 radical (unpaired) electrons. The first-order chi connectivity index (χ1) is 18.2. The van der Waals surface area contributed by atoms with Crippen LogP contribution in [0.4, 0.5) is 11.4 Å². The zero-order valence-corrected chi connectivity index (χ0v) is 22.9. The molecule has 0 bridgehead atoms. The van der Waals surface area contributed by atoms with Crippen molar-refractivity contribution in [3.8, 4) is 17.2 Å². The highest BCUT2D eigenvalue weighted by Gasteiger charge is 2.44. The molecule has 2 amide bonds. The fraction of sp³-hybridized carbons (Fsp3) is 0.276. The van der Waals surface area contributed by atoms with E-state index in [1.54, 1.807) is 56.6 Å². The van der Waals surface area contributed by atoms with Crippen molar-refractivity contribution in [1.29, 1.82) is 0 Å². The third-order valence-electron chi connectivity index (χ3n) is 6.48. The zero-order valence-electron chi connectivity index (χ0n) is 22.1. The first kappa shape index (κ1) is 26.9. The smallest absolute Gasteiger partial charge is 0.256 e. The number of aryl methyl sites for hydroxylation is 2. The maximum absolute atomic E-state index is 13.7. The average molecular weight is 534 g/mol. The molecule has 0 aromatic heterocycles. The Kier molecular flexibility index (Phi) is 8.16. The second kappa shape index (κ2) is 11.5. The minimum Gasteiger partial charge on any atom is -0.497 e. The molecule has 0 aliphatic carbocycles. The van der Waals surface area contributed by atoms with E-state index in [4.69, 9.17) is 26.4 Å². The standard InChI is InChI=1S/C29H31N3O5S/c1-18-6-12-23(19(2)14-18)30-27(33)16-24-28(34)32(21-8-10-22(35-3)11-9-21)29(38)31(24)17-20-7-13-25(36-4)26(15-20)37-5/h6-15,24H,16-17H2,1-5H3,(H,30,33)/t24-/m1/s1. The molecule has 1 atom stereocenters. The maximum atomic E-state index is 13.7. The van der Waals surface area contributed by atoms with E-state index in [1.165, 1.54) is 4.90 Å². The van der Waals surface area contributed by atoms with Crippen molar-refractivity contribution in [2.75, 3.05) is 31.5 Å². The van der Waals surface area contributed by atoms with Gasteiger partial charge in [-0.15, -0.1) is 0 Å². The number of anilines is 2. The Balaban J connectivity index is 1.64. The average Bonchev–Trinajstić information content (AvgIpc) is 3.14. The summed E-state index contributed by atoms with van der Waals surface area (Å²) in [6.07, 6.45) is -0.0633.